The van der Waals surface area contributed by atoms with Gasteiger partial charge in [-0.15, -0.1) is 0 Å². The number of carbonyl (C=O) groups excluding carboxylic acids is 3. The molecule has 2 heterocycles. The van der Waals surface area contributed by atoms with Crippen LogP contribution in [0.1, 0.15) is 89.9 Å². The van der Waals surface area contributed by atoms with Crippen molar-refractivity contribution >= 4 is 17.8 Å². The van der Waals surface area contributed by atoms with E-state index in [1.54, 1.807) is 32.0 Å². The smallest absolute Gasteiger partial charge is 0.337 e. The summed E-state index contributed by atoms with van der Waals surface area (Å²) in [6.45, 7) is 15.6. The van der Waals surface area contributed by atoms with E-state index in [0.29, 0.717) is 40.1 Å². The topological polar surface area (TPSA) is 117 Å². The molecule has 2 aliphatic rings. The summed E-state index contributed by atoms with van der Waals surface area (Å²) in [5, 5.41) is 3.40. The molecule has 2 aromatic rings. The quantitative estimate of drug-likeness (QED) is 0.443. The summed E-state index contributed by atoms with van der Waals surface area (Å²) >= 11 is 0. The molecular formula is C33H40N2O6. The fourth-order valence-corrected chi connectivity index (χ4v) is 5.89. The van der Waals surface area contributed by atoms with Gasteiger partial charge >= 0.3 is 11.9 Å². The standard InChI is InChI=1S/C33H40N2O6/c1-9-39-31(37)29-24(16-40-33(6,7)8)35-23-15-25(26-18(3)13-17(2)14-19(26)4)41-32(38)28(23)27(29)21-11-10-12-22(20(21)5)30(34)36/h10-14,25,27,35H,9,15-16H2,1-8H3,(H2,34,36). The number of aryl methyl sites for hydroxylation is 3. The van der Waals surface area contributed by atoms with Crippen LogP contribution in [-0.4, -0.2) is 36.7 Å². The number of primary amides is 1. The van der Waals surface area contributed by atoms with Gasteiger partial charge in [-0.05, 0) is 89.3 Å². The van der Waals surface area contributed by atoms with Crippen LogP contribution < -0.4 is 11.1 Å². The second-order valence-corrected chi connectivity index (χ2v) is 11.8. The summed E-state index contributed by atoms with van der Waals surface area (Å²) < 4.78 is 17.8. The average Bonchev–Trinajstić information content (AvgIpc) is 2.85. The maximum atomic E-state index is 13.9. The first-order chi connectivity index (χ1) is 19.2. The predicted molar refractivity (Wildman–Crippen MR) is 156 cm³/mol. The fraction of sp³-hybridized carbons (Fsp3) is 0.424. The number of hydrogen-bond acceptors (Lipinski definition) is 7. The van der Waals surface area contributed by atoms with E-state index in [1.165, 1.54) is 0 Å². The Labute approximate surface area is 241 Å². The van der Waals surface area contributed by atoms with Crippen LogP contribution in [0.5, 0.6) is 0 Å². The molecule has 0 radical (unpaired) electrons. The first-order valence-corrected chi connectivity index (χ1v) is 14.0. The first-order valence-electron chi connectivity index (χ1n) is 14.0. The van der Waals surface area contributed by atoms with Crippen molar-refractivity contribution in [2.24, 2.45) is 5.73 Å². The highest BCUT2D eigenvalue weighted by molar-refractivity contribution is 6.01. The number of carbonyl (C=O) groups is 3. The highest BCUT2D eigenvalue weighted by Crippen LogP contribution is 2.46. The first kappa shape index (κ1) is 30.1. The van der Waals surface area contributed by atoms with Crippen molar-refractivity contribution in [3.05, 3.63) is 91.8 Å². The van der Waals surface area contributed by atoms with E-state index in [0.717, 1.165) is 22.3 Å². The lowest BCUT2D eigenvalue weighted by Crippen LogP contribution is -2.40. The molecule has 0 aliphatic carbocycles. The van der Waals surface area contributed by atoms with Gasteiger partial charge in [-0.2, -0.15) is 0 Å². The number of dihydropyridines is 1. The maximum Gasteiger partial charge on any atom is 0.337 e. The lowest BCUT2D eigenvalue weighted by molar-refractivity contribution is -0.147. The molecule has 4 rings (SSSR count). The van der Waals surface area contributed by atoms with Crippen molar-refractivity contribution in [1.29, 1.82) is 0 Å². The second kappa shape index (κ2) is 11.5. The zero-order valence-corrected chi connectivity index (χ0v) is 25.2. The van der Waals surface area contributed by atoms with E-state index in [2.05, 4.69) is 17.4 Å². The summed E-state index contributed by atoms with van der Waals surface area (Å²) in [7, 11) is 0. The molecule has 0 saturated heterocycles. The van der Waals surface area contributed by atoms with E-state index in [1.807, 2.05) is 41.5 Å². The van der Waals surface area contributed by atoms with Crippen molar-refractivity contribution in [1.82, 2.24) is 5.32 Å². The number of ether oxygens (including phenoxy) is 3. The van der Waals surface area contributed by atoms with E-state index in [-0.39, 0.29) is 18.8 Å². The second-order valence-electron chi connectivity index (χ2n) is 11.8. The van der Waals surface area contributed by atoms with Gasteiger partial charge in [0.05, 0.1) is 41.6 Å². The fourth-order valence-electron chi connectivity index (χ4n) is 5.89. The van der Waals surface area contributed by atoms with Crippen LogP contribution in [0.25, 0.3) is 0 Å². The number of cyclic esters (lactones) is 1. The Balaban J connectivity index is 1.94. The lowest BCUT2D eigenvalue weighted by Gasteiger charge is -2.38. The van der Waals surface area contributed by atoms with Crippen molar-refractivity contribution in [2.75, 3.05) is 13.2 Å². The zero-order valence-electron chi connectivity index (χ0n) is 25.2. The van der Waals surface area contributed by atoms with E-state index < -0.39 is 35.5 Å². The molecule has 8 nitrogen and oxygen atoms in total. The maximum absolute atomic E-state index is 13.9. The van der Waals surface area contributed by atoms with Gasteiger partial charge in [0.1, 0.15) is 6.10 Å². The Bertz CT molecular complexity index is 1450. The molecule has 218 valence electrons. The highest BCUT2D eigenvalue weighted by atomic mass is 16.5. The third kappa shape index (κ3) is 6.07. The largest absolute Gasteiger partial charge is 0.463 e. The van der Waals surface area contributed by atoms with Crippen LogP contribution in [0.4, 0.5) is 0 Å². The molecule has 41 heavy (non-hydrogen) atoms. The SMILES string of the molecule is CCOC(=O)C1=C(COC(C)(C)C)NC2=C(C(=O)OC(c3c(C)cc(C)cc3C)C2)C1c1cccc(C(N)=O)c1C. The summed E-state index contributed by atoms with van der Waals surface area (Å²) in [4.78, 5) is 39.8. The number of nitrogens with one attached hydrogen (secondary N) is 1. The minimum atomic E-state index is -0.850. The Morgan fingerprint density at radius 2 is 1.76 bits per heavy atom. The van der Waals surface area contributed by atoms with Gasteiger partial charge in [-0.3, -0.25) is 4.79 Å². The van der Waals surface area contributed by atoms with Crippen molar-refractivity contribution < 1.29 is 28.6 Å². The molecule has 0 saturated carbocycles. The molecule has 0 fully saturated rings. The van der Waals surface area contributed by atoms with Gasteiger partial charge < -0.3 is 25.3 Å². The summed E-state index contributed by atoms with van der Waals surface area (Å²) in [6, 6.07) is 9.30. The van der Waals surface area contributed by atoms with Crippen LogP contribution in [0, 0.1) is 27.7 Å². The Kier molecular flexibility index (Phi) is 8.45. The Morgan fingerprint density at radius 1 is 1.10 bits per heavy atom. The third-order valence-corrected chi connectivity index (χ3v) is 7.55. The number of rotatable bonds is 7. The van der Waals surface area contributed by atoms with Crippen LogP contribution in [0.15, 0.2) is 52.9 Å². The number of amides is 1. The van der Waals surface area contributed by atoms with Gasteiger partial charge in [0, 0.05) is 17.7 Å². The predicted octanol–water partition coefficient (Wildman–Crippen LogP) is 5.28. The minimum absolute atomic E-state index is 0.0851. The molecule has 2 atom stereocenters. The van der Waals surface area contributed by atoms with Gasteiger partial charge in [0.25, 0.3) is 0 Å². The van der Waals surface area contributed by atoms with E-state index in [4.69, 9.17) is 19.9 Å². The van der Waals surface area contributed by atoms with Gasteiger partial charge in [-0.1, -0.05) is 29.8 Å². The molecule has 0 bridgehead atoms. The van der Waals surface area contributed by atoms with Gasteiger partial charge in [0.15, 0.2) is 0 Å². The van der Waals surface area contributed by atoms with Crippen molar-refractivity contribution in [3.8, 4) is 0 Å². The van der Waals surface area contributed by atoms with Gasteiger partial charge in [0.2, 0.25) is 5.91 Å². The Morgan fingerprint density at radius 3 is 2.34 bits per heavy atom. The van der Waals surface area contributed by atoms with Crippen molar-refractivity contribution in [3.63, 3.8) is 0 Å². The van der Waals surface area contributed by atoms with Crippen LogP contribution in [0.2, 0.25) is 0 Å². The molecule has 2 aromatic carbocycles. The molecule has 0 spiro atoms. The molecular weight excluding hydrogens is 520 g/mol. The van der Waals surface area contributed by atoms with Crippen molar-refractivity contribution in [2.45, 2.75) is 79.4 Å². The summed E-state index contributed by atoms with van der Waals surface area (Å²) in [5.74, 6) is -2.55. The van der Waals surface area contributed by atoms with Gasteiger partial charge in [-0.25, -0.2) is 9.59 Å². The Hall–Kier alpha value is -3.91. The molecule has 8 heteroatoms. The van der Waals surface area contributed by atoms with Crippen LogP contribution in [0.3, 0.4) is 0 Å². The summed E-state index contributed by atoms with van der Waals surface area (Å²) in [5.41, 5.74) is 12.6. The third-order valence-electron chi connectivity index (χ3n) is 7.55. The number of nitrogens with two attached hydrogens (primary N) is 1. The lowest BCUT2D eigenvalue weighted by atomic mass is 9.76. The zero-order chi connectivity index (χ0) is 30.2. The van der Waals surface area contributed by atoms with Crippen LogP contribution >= 0.6 is 0 Å². The average molecular weight is 561 g/mol. The molecule has 2 aliphatic heterocycles. The number of esters is 2. The minimum Gasteiger partial charge on any atom is -0.463 e. The normalized spacial score (nSPS) is 19.0. The van der Waals surface area contributed by atoms with Crippen LogP contribution in [-0.2, 0) is 23.8 Å². The monoisotopic (exact) mass is 560 g/mol. The highest BCUT2D eigenvalue weighted by Gasteiger charge is 2.44. The molecule has 2 unspecified atom stereocenters. The molecule has 0 aromatic heterocycles. The molecule has 1 amide bonds. The molecule has 3 N–H and O–H groups in total. The summed E-state index contributed by atoms with van der Waals surface area (Å²) in [6.07, 6.45) is -0.131. The number of benzene rings is 2. The van der Waals surface area contributed by atoms with E-state index >= 15 is 0 Å². The number of hydrogen-bond donors (Lipinski definition) is 2. The van der Waals surface area contributed by atoms with E-state index in [9.17, 15) is 14.4 Å².